The van der Waals surface area contributed by atoms with Crippen LogP contribution < -0.4 is 5.32 Å². The van der Waals surface area contributed by atoms with Gasteiger partial charge in [0.2, 0.25) is 0 Å². The molecule has 0 bridgehead atoms. The van der Waals surface area contributed by atoms with Gasteiger partial charge in [0.1, 0.15) is 0 Å². The van der Waals surface area contributed by atoms with E-state index in [0.29, 0.717) is 0 Å². The summed E-state index contributed by atoms with van der Waals surface area (Å²) >= 11 is 0. The molecule has 0 unspecified atom stereocenters. The summed E-state index contributed by atoms with van der Waals surface area (Å²) in [5.74, 6) is 0.0917. The molecule has 1 amide bonds. The number of aryl methyl sites for hydroxylation is 2. The molecule has 1 N–H and O–H groups in total. The number of nitrogens with zero attached hydrogens (tertiary/aromatic N) is 1. The van der Waals surface area contributed by atoms with Gasteiger partial charge in [0.25, 0.3) is 5.91 Å². The van der Waals surface area contributed by atoms with Crippen molar-refractivity contribution in [1.29, 1.82) is 0 Å². The number of rotatable bonds is 6. The summed E-state index contributed by atoms with van der Waals surface area (Å²) in [5, 5.41) is 3.11. The standard InChI is InChI=1S/C21H32N2O/c1-2-20-10-5-6-14-23(20)15-7-13-22-21(24)19-12-11-17-8-3-4-9-18(17)16-19/h11-12,16,20H,2-10,13-15H2,1H3,(H,22,24)/t20-/m1/s1. The van der Waals surface area contributed by atoms with Gasteiger partial charge < -0.3 is 10.2 Å². The van der Waals surface area contributed by atoms with E-state index in [9.17, 15) is 4.79 Å². The molecule has 1 aliphatic carbocycles. The predicted molar refractivity (Wildman–Crippen MR) is 99.5 cm³/mol. The number of amides is 1. The fourth-order valence-corrected chi connectivity index (χ4v) is 4.28. The fraction of sp³-hybridized carbons (Fsp3) is 0.667. The number of nitrogens with one attached hydrogen (secondary N) is 1. The van der Waals surface area contributed by atoms with E-state index < -0.39 is 0 Å². The molecule has 3 rings (SSSR count). The van der Waals surface area contributed by atoms with E-state index in [2.05, 4.69) is 29.3 Å². The molecule has 0 saturated carbocycles. The Morgan fingerprint density at radius 3 is 2.83 bits per heavy atom. The highest BCUT2D eigenvalue weighted by atomic mass is 16.1. The van der Waals surface area contributed by atoms with Crippen molar-refractivity contribution in [3.8, 4) is 0 Å². The number of piperidine rings is 1. The van der Waals surface area contributed by atoms with Crippen LogP contribution in [0.4, 0.5) is 0 Å². The molecule has 1 atom stereocenters. The lowest BCUT2D eigenvalue weighted by Gasteiger charge is -2.35. The van der Waals surface area contributed by atoms with E-state index in [1.54, 1.807) is 0 Å². The second-order valence-corrected chi connectivity index (χ2v) is 7.39. The molecule has 2 aliphatic rings. The van der Waals surface area contributed by atoms with Crippen molar-refractivity contribution < 1.29 is 4.79 Å². The van der Waals surface area contributed by atoms with Gasteiger partial charge in [-0.2, -0.15) is 0 Å². The van der Waals surface area contributed by atoms with E-state index in [1.165, 1.54) is 62.6 Å². The van der Waals surface area contributed by atoms with Crippen molar-refractivity contribution in [2.24, 2.45) is 0 Å². The van der Waals surface area contributed by atoms with Crippen molar-refractivity contribution in [3.05, 3.63) is 34.9 Å². The molecule has 1 fully saturated rings. The van der Waals surface area contributed by atoms with Crippen molar-refractivity contribution in [2.45, 2.75) is 70.8 Å². The van der Waals surface area contributed by atoms with Gasteiger partial charge in [-0.15, -0.1) is 0 Å². The van der Waals surface area contributed by atoms with E-state index in [4.69, 9.17) is 0 Å². The molecule has 3 nitrogen and oxygen atoms in total. The number of hydrogen-bond donors (Lipinski definition) is 1. The fourth-order valence-electron chi connectivity index (χ4n) is 4.28. The van der Waals surface area contributed by atoms with Crippen LogP contribution in [0, 0.1) is 0 Å². The van der Waals surface area contributed by atoms with E-state index in [1.807, 2.05) is 6.07 Å². The van der Waals surface area contributed by atoms with Gasteiger partial charge in [-0.05, 0) is 81.2 Å². The maximum atomic E-state index is 12.4. The molecule has 3 heteroatoms. The summed E-state index contributed by atoms with van der Waals surface area (Å²) < 4.78 is 0. The maximum Gasteiger partial charge on any atom is 0.251 e. The Kier molecular flexibility index (Phi) is 6.30. The molecule has 1 aliphatic heterocycles. The van der Waals surface area contributed by atoms with E-state index in [-0.39, 0.29) is 5.91 Å². The SMILES string of the molecule is CC[C@@H]1CCCCN1CCCNC(=O)c1ccc2c(c1)CCCC2. The lowest BCUT2D eigenvalue weighted by Crippen LogP contribution is -2.40. The van der Waals surface area contributed by atoms with Crippen LogP contribution in [0.15, 0.2) is 18.2 Å². The minimum absolute atomic E-state index is 0.0917. The summed E-state index contributed by atoms with van der Waals surface area (Å²) in [7, 11) is 0. The molecular weight excluding hydrogens is 296 g/mol. The second kappa shape index (κ2) is 8.66. The zero-order chi connectivity index (χ0) is 16.8. The maximum absolute atomic E-state index is 12.4. The molecule has 1 saturated heterocycles. The lowest BCUT2D eigenvalue weighted by atomic mass is 9.90. The highest BCUT2D eigenvalue weighted by molar-refractivity contribution is 5.94. The van der Waals surface area contributed by atoms with Gasteiger partial charge in [0.05, 0.1) is 0 Å². The Morgan fingerprint density at radius 1 is 1.17 bits per heavy atom. The number of benzene rings is 1. The van der Waals surface area contributed by atoms with Crippen molar-refractivity contribution in [3.63, 3.8) is 0 Å². The molecule has 0 radical (unpaired) electrons. The summed E-state index contributed by atoms with van der Waals surface area (Å²) in [6.45, 7) is 5.42. The predicted octanol–water partition coefficient (Wildman–Crippen LogP) is 3.95. The summed E-state index contributed by atoms with van der Waals surface area (Å²) in [4.78, 5) is 15.0. The Labute approximate surface area is 146 Å². The van der Waals surface area contributed by atoms with E-state index in [0.717, 1.165) is 37.5 Å². The van der Waals surface area contributed by atoms with Crippen LogP contribution in [0.3, 0.4) is 0 Å². The first-order valence-corrected chi connectivity index (χ1v) is 9.92. The van der Waals surface area contributed by atoms with Crippen LogP contribution in [-0.4, -0.2) is 36.5 Å². The highest BCUT2D eigenvalue weighted by Gasteiger charge is 2.20. The van der Waals surface area contributed by atoms with Crippen LogP contribution in [0.25, 0.3) is 0 Å². The monoisotopic (exact) mass is 328 g/mol. The third-order valence-electron chi connectivity index (χ3n) is 5.74. The largest absolute Gasteiger partial charge is 0.352 e. The molecule has 24 heavy (non-hydrogen) atoms. The number of fused-ring (bicyclic) bond motifs is 1. The first-order chi connectivity index (χ1) is 11.8. The smallest absolute Gasteiger partial charge is 0.251 e. The zero-order valence-corrected chi connectivity index (χ0v) is 15.2. The molecule has 1 aromatic carbocycles. The normalized spacial score (nSPS) is 21.3. The van der Waals surface area contributed by atoms with Gasteiger partial charge in [-0.1, -0.05) is 19.4 Å². The van der Waals surface area contributed by atoms with Gasteiger partial charge in [-0.3, -0.25) is 4.79 Å². The first kappa shape index (κ1) is 17.5. The van der Waals surface area contributed by atoms with Crippen LogP contribution in [-0.2, 0) is 12.8 Å². The quantitative estimate of drug-likeness (QED) is 0.802. The van der Waals surface area contributed by atoms with Gasteiger partial charge in [-0.25, -0.2) is 0 Å². The molecule has 132 valence electrons. The highest BCUT2D eigenvalue weighted by Crippen LogP contribution is 2.22. The minimum Gasteiger partial charge on any atom is -0.352 e. The summed E-state index contributed by atoms with van der Waals surface area (Å²) in [5.41, 5.74) is 3.65. The molecule has 1 aromatic rings. The van der Waals surface area contributed by atoms with Gasteiger partial charge in [0.15, 0.2) is 0 Å². The average molecular weight is 329 g/mol. The number of likely N-dealkylation sites (tertiary alicyclic amines) is 1. The Balaban J connectivity index is 1.44. The van der Waals surface area contributed by atoms with Crippen LogP contribution in [0.5, 0.6) is 0 Å². The third kappa shape index (κ3) is 4.38. The van der Waals surface area contributed by atoms with Gasteiger partial charge >= 0.3 is 0 Å². The van der Waals surface area contributed by atoms with Crippen molar-refractivity contribution >= 4 is 5.91 Å². The molecular formula is C21H32N2O. The third-order valence-corrected chi connectivity index (χ3v) is 5.74. The van der Waals surface area contributed by atoms with Crippen LogP contribution in [0.2, 0.25) is 0 Å². The topological polar surface area (TPSA) is 32.3 Å². The zero-order valence-electron chi connectivity index (χ0n) is 15.2. The molecule has 0 aromatic heterocycles. The molecule has 0 spiro atoms. The van der Waals surface area contributed by atoms with Gasteiger partial charge in [0, 0.05) is 24.7 Å². The summed E-state index contributed by atoms with van der Waals surface area (Å²) in [6.07, 6.45) is 11.2. The van der Waals surface area contributed by atoms with E-state index >= 15 is 0 Å². The first-order valence-electron chi connectivity index (χ1n) is 9.92. The van der Waals surface area contributed by atoms with Crippen LogP contribution in [0.1, 0.15) is 73.4 Å². The number of carbonyl (C=O) groups excluding carboxylic acids is 1. The Hall–Kier alpha value is -1.35. The summed E-state index contributed by atoms with van der Waals surface area (Å²) in [6, 6.07) is 7.03. The lowest BCUT2D eigenvalue weighted by molar-refractivity contribution is 0.0947. The Bertz CT molecular complexity index is 555. The van der Waals surface area contributed by atoms with Crippen molar-refractivity contribution in [1.82, 2.24) is 10.2 Å². The average Bonchev–Trinajstić information content (AvgIpc) is 2.65. The molecule has 1 heterocycles. The Morgan fingerprint density at radius 2 is 2.00 bits per heavy atom. The van der Waals surface area contributed by atoms with Crippen molar-refractivity contribution in [2.75, 3.05) is 19.6 Å². The minimum atomic E-state index is 0.0917. The second-order valence-electron chi connectivity index (χ2n) is 7.39. The van der Waals surface area contributed by atoms with Crippen LogP contribution >= 0.6 is 0 Å². The number of carbonyl (C=O) groups is 1. The number of hydrogen-bond acceptors (Lipinski definition) is 2.